The van der Waals surface area contributed by atoms with Crippen LogP contribution in [0.3, 0.4) is 0 Å². The summed E-state index contributed by atoms with van der Waals surface area (Å²) < 4.78 is 10.4. The van der Waals surface area contributed by atoms with E-state index in [-0.39, 0.29) is 24.1 Å². The molecule has 0 spiro atoms. The molecule has 2 aromatic rings. The Labute approximate surface area is 153 Å². The van der Waals surface area contributed by atoms with Crippen molar-refractivity contribution in [3.8, 4) is 17.2 Å². The summed E-state index contributed by atoms with van der Waals surface area (Å²) in [5.41, 5.74) is 3.42. The molecule has 2 aromatic carbocycles. The highest BCUT2D eigenvalue weighted by molar-refractivity contribution is 6.35. The maximum atomic E-state index is 11.8. The smallest absolute Gasteiger partial charge is 0.329 e. The largest absolute Gasteiger partial charge is 0.506 e. The first-order valence-electron chi connectivity index (χ1n) is 7.51. The van der Waals surface area contributed by atoms with Crippen molar-refractivity contribution in [2.45, 2.75) is 6.54 Å². The second-order valence-electron chi connectivity index (χ2n) is 5.28. The summed E-state index contributed by atoms with van der Waals surface area (Å²) in [5.74, 6) is -0.564. The number of hydrogen-bond donors (Lipinski definition) is 3. The molecule has 9 heteroatoms. The minimum atomic E-state index is -0.910. The molecule has 3 N–H and O–H groups in total. The van der Waals surface area contributed by atoms with Gasteiger partial charge in [-0.3, -0.25) is 9.59 Å². The van der Waals surface area contributed by atoms with Crippen LogP contribution in [-0.2, 0) is 16.1 Å². The molecule has 0 atom stereocenters. The molecule has 1 aliphatic heterocycles. The van der Waals surface area contributed by atoms with Gasteiger partial charge in [-0.25, -0.2) is 5.43 Å². The summed E-state index contributed by atoms with van der Waals surface area (Å²) in [5, 5.41) is 15.6. The Morgan fingerprint density at radius 1 is 1.15 bits per heavy atom. The van der Waals surface area contributed by atoms with E-state index in [2.05, 4.69) is 15.8 Å². The Kier molecular flexibility index (Phi) is 5.23. The van der Waals surface area contributed by atoms with Gasteiger partial charge in [-0.2, -0.15) is 5.10 Å². The van der Waals surface area contributed by atoms with Crippen molar-refractivity contribution in [3.63, 3.8) is 0 Å². The predicted octanol–water partition coefficient (Wildman–Crippen LogP) is 1.54. The number of nitrogens with zero attached hydrogens (tertiary/aromatic N) is 1. The summed E-state index contributed by atoms with van der Waals surface area (Å²) in [4.78, 5) is 23.5. The summed E-state index contributed by atoms with van der Waals surface area (Å²) in [6.07, 6.45) is 1.30. The number of benzene rings is 2. The molecule has 3 rings (SSSR count). The Hall–Kier alpha value is -3.26. The van der Waals surface area contributed by atoms with E-state index in [9.17, 15) is 14.7 Å². The SMILES string of the molecule is O=C(NCc1ccc2c(c1)OCO2)C(=O)N/N=C\c1ccc(O)c(Cl)c1. The molecular formula is C17H14ClN3O5. The third-order valence-corrected chi connectivity index (χ3v) is 3.75. The molecule has 8 nitrogen and oxygen atoms in total. The fourth-order valence-electron chi connectivity index (χ4n) is 2.13. The second kappa shape index (κ2) is 7.75. The number of hydrazone groups is 1. The van der Waals surface area contributed by atoms with Crippen LogP contribution in [-0.4, -0.2) is 29.9 Å². The van der Waals surface area contributed by atoms with E-state index in [1.54, 1.807) is 24.3 Å². The molecule has 0 saturated heterocycles. The number of aromatic hydroxyl groups is 1. The molecule has 0 aliphatic carbocycles. The van der Waals surface area contributed by atoms with Gasteiger partial charge in [0, 0.05) is 6.54 Å². The van der Waals surface area contributed by atoms with Crippen LogP contribution >= 0.6 is 11.6 Å². The summed E-state index contributed by atoms with van der Waals surface area (Å²) in [7, 11) is 0. The number of carbonyl (C=O) groups is 2. The number of halogens is 1. The monoisotopic (exact) mass is 375 g/mol. The van der Waals surface area contributed by atoms with Crippen LogP contribution in [0.1, 0.15) is 11.1 Å². The molecule has 0 aromatic heterocycles. The average molecular weight is 376 g/mol. The fourth-order valence-corrected chi connectivity index (χ4v) is 2.32. The number of amides is 2. The minimum absolute atomic E-state index is 0.0595. The number of fused-ring (bicyclic) bond motifs is 1. The molecule has 0 unspecified atom stereocenters. The van der Waals surface area contributed by atoms with E-state index in [4.69, 9.17) is 21.1 Å². The lowest BCUT2D eigenvalue weighted by Crippen LogP contribution is -2.37. The van der Waals surface area contributed by atoms with Gasteiger partial charge in [0.1, 0.15) is 5.75 Å². The molecule has 0 fully saturated rings. The molecule has 0 saturated carbocycles. The van der Waals surface area contributed by atoms with Crippen molar-refractivity contribution in [2.24, 2.45) is 5.10 Å². The highest BCUT2D eigenvalue weighted by Crippen LogP contribution is 2.32. The first-order chi connectivity index (χ1) is 12.5. The van der Waals surface area contributed by atoms with Gasteiger partial charge in [0.15, 0.2) is 11.5 Å². The van der Waals surface area contributed by atoms with E-state index >= 15 is 0 Å². The average Bonchev–Trinajstić information content (AvgIpc) is 3.10. The quantitative estimate of drug-likeness (QED) is 0.426. The van der Waals surface area contributed by atoms with Crippen LogP contribution < -0.4 is 20.2 Å². The van der Waals surface area contributed by atoms with E-state index in [1.807, 2.05) is 0 Å². The fraction of sp³-hybridized carbons (Fsp3) is 0.118. The summed E-state index contributed by atoms with van der Waals surface area (Å²) in [6.45, 7) is 0.317. The number of rotatable bonds is 4. The number of nitrogens with one attached hydrogen (secondary N) is 2. The number of carbonyl (C=O) groups excluding carboxylic acids is 2. The number of phenols is 1. The summed E-state index contributed by atoms with van der Waals surface area (Å²) >= 11 is 5.76. The highest BCUT2D eigenvalue weighted by atomic mass is 35.5. The molecule has 2 amide bonds. The third kappa shape index (κ3) is 4.22. The van der Waals surface area contributed by atoms with Gasteiger partial charge in [-0.05, 0) is 41.5 Å². The van der Waals surface area contributed by atoms with E-state index in [1.165, 1.54) is 18.3 Å². The van der Waals surface area contributed by atoms with E-state index in [0.29, 0.717) is 17.1 Å². The van der Waals surface area contributed by atoms with E-state index < -0.39 is 11.8 Å². The standard InChI is InChI=1S/C17H14ClN3O5/c18-12-5-10(1-3-13(12)22)8-20-21-17(24)16(23)19-7-11-2-4-14-15(6-11)26-9-25-14/h1-6,8,22H,7,9H2,(H,19,23)(H,21,24)/b20-8-. The maximum Gasteiger partial charge on any atom is 0.329 e. The van der Waals surface area contributed by atoms with Crippen LogP contribution in [0, 0.1) is 0 Å². The van der Waals surface area contributed by atoms with Crippen molar-refractivity contribution in [2.75, 3.05) is 6.79 Å². The first-order valence-corrected chi connectivity index (χ1v) is 7.89. The lowest BCUT2D eigenvalue weighted by molar-refractivity contribution is -0.139. The molecule has 1 aliphatic rings. The minimum Gasteiger partial charge on any atom is -0.506 e. The van der Waals surface area contributed by atoms with Gasteiger partial charge in [0.2, 0.25) is 6.79 Å². The van der Waals surface area contributed by atoms with Gasteiger partial charge in [0.05, 0.1) is 11.2 Å². The van der Waals surface area contributed by atoms with Crippen molar-refractivity contribution in [1.29, 1.82) is 0 Å². The predicted molar refractivity (Wildman–Crippen MR) is 93.3 cm³/mol. The van der Waals surface area contributed by atoms with Crippen LogP contribution in [0.15, 0.2) is 41.5 Å². The Morgan fingerprint density at radius 2 is 1.96 bits per heavy atom. The first kappa shape index (κ1) is 17.6. The lowest BCUT2D eigenvalue weighted by Gasteiger charge is -2.05. The van der Waals surface area contributed by atoms with Gasteiger partial charge in [0.25, 0.3) is 0 Å². The highest BCUT2D eigenvalue weighted by Gasteiger charge is 2.15. The Balaban J connectivity index is 1.49. The molecule has 26 heavy (non-hydrogen) atoms. The van der Waals surface area contributed by atoms with Crippen LogP contribution in [0.5, 0.6) is 17.2 Å². The molecule has 0 bridgehead atoms. The van der Waals surface area contributed by atoms with Gasteiger partial charge >= 0.3 is 11.8 Å². The van der Waals surface area contributed by atoms with Gasteiger partial charge < -0.3 is 19.9 Å². The maximum absolute atomic E-state index is 11.8. The number of hydrogen-bond acceptors (Lipinski definition) is 6. The summed E-state index contributed by atoms with van der Waals surface area (Å²) in [6, 6.07) is 9.63. The van der Waals surface area contributed by atoms with Crippen molar-refractivity contribution < 1.29 is 24.2 Å². The van der Waals surface area contributed by atoms with Gasteiger partial charge in [-0.1, -0.05) is 17.7 Å². The molecular weight excluding hydrogens is 362 g/mol. The van der Waals surface area contributed by atoms with Crippen LogP contribution in [0.4, 0.5) is 0 Å². The Bertz CT molecular complexity index is 885. The van der Waals surface area contributed by atoms with Crippen molar-refractivity contribution in [3.05, 3.63) is 52.5 Å². The number of ether oxygens (including phenoxy) is 2. The zero-order valence-corrected chi connectivity index (χ0v) is 14.1. The zero-order valence-electron chi connectivity index (χ0n) is 13.4. The molecule has 1 heterocycles. The van der Waals surface area contributed by atoms with Gasteiger partial charge in [-0.15, -0.1) is 0 Å². The second-order valence-corrected chi connectivity index (χ2v) is 5.69. The molecule has 0 radical (unpaired) electrons. The number of phenolic OH excluding ortho intramolecular Hbond substituents is 1. The van der Waals surface area contributed by atoms with Crippen molar-refractivity contribution in [1.82, 2.24) is 10.7 Å². The lowest BCUT2D eigenvalue weighted by atomic mass is 10.2. The third-order valence-electron chi connectivity index (χ3n) is 3.45. The molecule has 134 valence electrons. The van der Waals surface area contributed by atoms with E-state index in [0.717, 1.165) is 5.56 Å². The zero-order chi connectivity index (χ0) is 18.5. The van der Waals surface area contributed by atoms with Crippen molar-refractivity contribution >= 4 is 29.6 Å². The van der Waals surface area contributed by atoms with Crippen LogP contribution in [0.25, 0.3) is 0 Å². The Morgan fingerprint density at radius 3 is 2.77 bits per heavy atom. The van der Waals surface area contributed by atoms with Crippen LogP contribution in [0.2, 0.25) is 5.02 Å². The topological polar surface area (TPSA) is 109 Å². The normalized spacial score (nSPS) is 12.2.